The van der Waals surface area contributed by atoms with Gasteiger partial charge in [0.2, 0.25) is 0 Å². The van der Waals surface area contributed by atoms with Gasteiger partial charge in [-0.15, -0.1) is 0 Å². The quantitative estimate of drug-likeness (QED) is 0.694. The zero-order valence-electron chi connectivity index (χ0n) is 13.7. The third-order valence-electron chi connectivity index (χ3n) is 3.49. The molecule has 0 heterocycles. The van der Waals surface area contributed by atoms with Crippen LogP contribution in [0.2, 0.25) is 57.9 Å². The van der Waals surface area contributed by atoms with E-state index in [1.54, 1.807) is 5.19 Å². The van der Waals surface area contributed by atoms with Gasteiger partial charge in [-0.25, -0.2) is 0 Å². The molecule has 0 spiro atoms. The third kappa shape index (κ3) is 6.21. The van der Waals surface area contributed by atoms with Gasteiger partial charge < -0.3 is 4.12 Å². The van der Waals surface area contributed by atoms with E-state index in [-0.39, 0.29) is 0 Å². The van der Waals surface area contributed by atoms with Gasteiger partial charge in [0, 0.05) is 0 Å². The molecule has 0 fully saturated rings. The van der Waals surface area contributed by atoms with E-state index in [9.17, 15) is 0 Å². The number of benzene rings is 1. The van der Waals surface area contributed by atoms with E-state index < -0.39 is 24.7 Å². The summed E-state index contributed by atoms with van der Waals surface area (Å²) in [7, 11) is -4.17. The molecule has 1 rings (SSSR count). The number of hydrogen-bond acceptors (Lipinski definition) is 1. The van der Waals surface area contributed by atoms with Crippen LogP contribution in [0.4, 0.5) is 0 Å². The molecule has 0 aliphatic heterocycles. The van der Waals surface area contributed by atoms with E-state index in [1.807, 2.05) is 0 Å². The minimum absolute atomic E-state index is 1.29. The molecule has 1 aromatic carbocycles. The topological polar surface area (TPSA) is 9.23 Å². The van der Waals surface area contributed by atoms with Crippen molar-refractivity contribution < 1.29 is 4.12 Å². The predicted octanol–water partition coefficient (Wildman–Crippen LogP) is 4.66. The Hall–Kier alpha value is -0.169. The van der Waals surface area contributed by atoms with Gasteiger partial charge in [0.1, 0.15) is 0 Å². The normalized spacial score (nSPS) is 13.6. The summed E-state index contributed by atoms with van der Waals surface area (Å²) < 4.78 is 6.46. The molecule has 0 unspecified atom stereocenters. The lowest BCUT2D eigenvalue weighted by molar-refractivity contribution is 0.550. The fourth-order valence-corrected chi connectivity index (χ4v) is 15.9. The highest BCUT2D eigenvalue weighted by atomic mass is 28.4. The fourth-order valence-electron chi connectivity index (χ4n) is 2.53. The average molecular weight is 311 g/mol. The lowest BCUT2D eigenvalue weighted by Crippen LogP contribution is -2.46. The predicted molar refractivity (Wildman–Crippen MR) is 95.1 cm³/mol. The molecular formula is C15H30OSi3. The van der Waals surface area contributed by atoms with E-state index in [1.165, 1.54) is 12.1 Å². The minimum atomic E-state index is -1.48. The zero-order chi connectivity index (χ0) is 14.7. The highest BCUT2D eigenvalue weighted by Gasteiger charge is 2.33. The summed E-state index contributed by atoms with van der Waals surface area (Å²) in [6.07, 6.45) is 0. The van der Waals surface area contributed by atoms with E-state index in [4.69, 9.17) is 4.12 Å². The van der Waals surface area contributed by atoms with Crippen LogP contribution in [0.5, 0.6) is 0 Å². The maximum atomic E-state index is 6.46. The molecule has 1 nitrogen and oxygen atoms in total. The number of hydrogen-bond donors (Lipinski definition) is 0. The molecular weight excluding hydrogens is 280 g/mol. The lowest BCUT2D eigenvalue weighted by atomic mass is 10.4. The molecule has 0 aromatic heterocycles. The minimum Gasteiger partial charge on any atom is -0.456 e. The molecule has 1 aromatic rings. The molecule has 0 N–H and O–H groups in total. The van der Waals surface area contributed by atoms with Crippen LogP contribution in [0.25, 0.3) is 0 Å². The van der Waals surface area contributed by atoms with E-state index >= 15 is 0 Å². The summed E-state index contributed by atoms with van der Waals surface area (Å²) >= 11 is 0. The molecule has 0 radical (unpaired) electrons. The second kappa shape index (κ2) is 6.08. The van der Waals surface area contributed by atoms with Crippen LogP contribution in [0.3, 0.4) is 0 Å². The molecule has 19 heavy (non-hydrogen) atoms. The maximum Gasteiger partial charge on any atom is 0.173 e. The van der Waals surface area contributed by atoms with Crippen molar-refractivity contribution in [2.75, 3.05) is 0 Å². The summed E-state index contributed by atoms with van der Waals surface area (Å²) in [6, 6.07) is 13.7. The maximum absolute atomic E-state index is 6.46. The molecule has 4 heteroatoms. The summed E-state index contributed by atoms with van der Waals surface area (Å²) in [5.41, 5.74) is 0. The van der Waals surface area contributed by atoms with Gasteiger partial charge >= 0.3 is 0 Å². The van der Waals surface area contributed by atoms with Crippen molar-refractivity contribution in [2.24, 2.45) is 0 Å². The van der Waals surface area contributed by atoms with Crippen molar-refractivity contribution >= 4 is 29.9 Å². The van der Waals surface area contributed by atoms with Crippen molar-refractivity contribution in [3.63, 3.8) is 0 Å². The third-order valence-corrected chi connectivity index (χ3v) is 13.5. The molecule has 0 atom stereocenters. The molecule has 0 saturated carbocycles. The lowest BCUT2D eigenvalue weighted by Gasteiger charge is -2.34. The monoisotopic (exact) mass is 310 g/mol. The average Bonchev–Trinajstić information content (AvgIpc) is 2.25. The van der Waals surface area contributed by atoms with E-state index in [2.05, 4.69) is 76.2 Å². The highest BCUT2D eigenvalue weighted by molar-refractivity contribution is 6.91. The summed E-state index contributed by atoms with van der Waals surface area (Å²) in [5, 5.41) is 1.58. The van der Waals surface area contributed by atoms with Gasteiger partial charge in [0.05, 0.1) is 8.07 Å². The van der Waals surface area contributed by atoms with Crippen LogP contribution in [0, 0.1) is 0 Å². The first-order valence-corrected chi connectivity index (χ1v) is 17.0. The van der Waals surface area contributed by atoms with Gasteiger partial charge in [-0.2, -0.15) is 0 Å². The first-order valence-electron chi connectivity index (χ1n) is 7.28. The molecule has 0 aliphatic rings. The van der Waals surface area contributed by atoms with Crippen LogP contribution < -0.4 is 5.19 Å². The van der Waals surface area contributed by atoms with Crippen molar-refractivity contribution in [1.29, 1.82) is 0 Å². The van der Waals surface area contributed by atoms with Crippen LogP contribution >= 0.6 is 0 Å². The Balaban J connectivity index is 2.65. The summed E-state index contributed by atoms with van der Waals surface area (Å²) in [5.74, 6) is 0. The van der Waals surface area contributed by atoms with Gasteiger partial charge in [-0.05, 0) is 38.8 Å². The Bertz CT molecular complexity index is 394. The smallest absolute Gasteiger partial charge is 0.173 e. The summed E-state index contributed by atoms with van der Waals surface area (Å²) in [6.45, 7) is 16.7. The Morgan fingerprint density at radius 3 is 1.79 bits per heavy atom. The SMILES string of the molecule is C[Si](C)(C)O[Si](C)(C)CC[Si](C)(C)c1ccccc1. The standard InChI is InChI=1S/C15H30OSi3/c1-17(2,3)16-19(6,7)14-13-18(4,5)15-11-9-8-10-12-15/h8-12H,13-14H2,1-7H3. The fraction of sp³-hybridized carbons (Fsp3) is 0.600. The first-order chi connectivity index (χ1) is 8.52. The second-order valence-electron chi connectivity index (χ2n) is 7.72. The van der Waals surface area contributed by atoms with Gasteiger partial charge in [-0.3, -0.25) is 0 Å². The molecule has 0 aliphatic carbocycles. The number of rotatable bonds is 6. The summed E-state index contributed by atoms with van der Waals surface area (Å²) in [4.78, 5) is 0. The van der Waals surface area contributed by atoms with E-state index in [0.29, 0.717) is 0 Å². The molecule has 0 saturated heterocycles. The first kappa shape index (κ1) is 16.9. The molecule has 0 amide bonds. The van der Waals surface area contributed by atoms with Crippen molar-refractivity contribution in [3.8, 4) is 0 Å². The van der Waals surface area contributed by atoms with Crippen molar-refractivity contribution in [1.82, 2.24) is 0 Å². The molecule has 108 valence electrons. The Kier molecular flexibility index (Phi) is 5.40. The zero-order valence-corrected chi connectivity index (χ0v) is 16.7. The van der Waals surface area contributed by atoms with Crippen LogP contribution in [-0.4, -0.2) is 24.7 Å². The Labute approximate surface area is 122 Å². The van der Waals surface area contributed by atoms with Gasteiger partial charge in [0.25, 0.3) is 0 Å². The Morgan fingerprint density at radius 2 is 1.32 bits per heavy atom. The largest absolute Gasteiger partial charge is 0.456 e. The van der Waals surface area contributed by atoms with Crippen molar-refractivity contribution in [3.05, 3.63) is 30.3 Å². The highest BCUT2D eigenvalue weighted by Crippen LogP contribution is 2.24. The Morgan fingerprint density at radius 1 is 0.789 bits per heavy atom. The second-order valence-corrected chi connectivity index (χ2v) is 21.6. The van der Waals surface area contributed by atoms with Crippen molar-refractivity contribution in [2.45, 2.75) is 57.9 Å². The van der Waals surface area contributed by atoms with Crippen LogP contribution in [-0.2, 0) is 4.12 Å². The van der Waals surface area contributed by atoms with Crippen LogP contribution in [0.15, 0.2) is 30.3 Å². The van der Waals surface area contributed by atoms with E-state index in [0.717, 1.165) is 0 Å². The molecule has 0 bridgehead atoms. The van der Waals surface area contributed by atoms with Gasteiger partial charge in [0.15, 0.2) is 16.6 Å². The van der Waals surface area contributed by atoms with Crippen LogP contribution in [0.1, 0.15) is 0 Å². The van der Waals surface area contributed by atoms with Gasteiger partial charge in [-0.1, -0.05) is 54.7 Å².